The zero-order chi connectivity index (χ0) is 12.8. The van der Waals surface area contributed by atoms with Crippen molar-refractivity contribution in [1.82, 2.24) is 10.3 Å². The molecule has 4 rings (SSSR count). The molecular weight excluding hydrogens is 236 g/mol. The van der Waals surface area contributed by atoms with Crippen molar-refractivity contribution in [2.75, 3.05) is 0 Å². The molecule has 2 saturated carbocycles. The van der Waals surface area contributed by atoms with Gasteiger partial charge < -0.3 is 10.3 Å². The van der Waals surface area contributed by atoms with E-state index in [2.05, 4.69) is 10.3 Å². The molecular formula is C16H18N2O. The number of rotatable bonds is 2. The summed E-state index contributed by atoms with van der Waals surface area (Å²) in [5.74, 6) is 1.66. The minimum Gasteiger partial charge on any atom is -0.360 e. The highest BCUT2D eigenvalue weighted by molar-refractivity contribution is 6.06. The third kappa shape index (κ3) is 1.76. The Bertz CT molecular complexity index is 630. The van der Waals surface area contributed by atoms with Gasteiger partial charge in [-0.05, 0) is 37.2 Å². The lowest BCUT2D eigenvalue weighted by molar-refractivity contribution is 0.0924. The topological polar surface area (TPSA) is 44.9 Å². The van der Waals surface area contributed by atoms with E-state index in [1.54, 1.807) is 0 Å². The van der Waals surface area contributed by atoms with Crippen LogP contribution in [0.5, 0.6) is 0 Å². The second-order valence-corrected chi connectivity index (χ2v) is 6.00. The average molecular weight is 254 g/mol. The number of benzene rings is 1. The molecule has 3 atom stereocenters. The Morgan fingerprint density at radius 1 is 1.21 bits per heavy atom. The minimum atomic E-state index is 0.0787. The van der Waals surface area contributed by atoms with Crippen LogP contribution in [0.3, 0.4) is 0 Å². The summed E-state index contributed by atoms with van der Waals surface area (Å²) >= 11 is 0. The molecule has 2 bridgehead atoms. The molecule has 2 fully saturated rings. The Balaban J connectivity index is 1.57. The van der Waals surface area contributed by atoms with Crippen LogP contribution < -0.4 is 5.32 Å². The fraction of sp³-hybridized carbons (Fsp3) is 0.438. The van der Waals surface area contributed by atoms with Crippen molar-refractivity contribution in [2.45, 2.75) is 31.7 Å². The van der Waals surface area contributed by atoms with Crippen LogP contribution in [-0.4, -0.2) is 16.9 Å². The zero-order valence-corrected chi connectivity index (χ0v) is 10.9. The summed E-state index contributed by atoms with van der Waals surface area (Å²) in [4.78, 5) is 15.6. The normalized spacial score (nSPS) is 28.9. The van der Waals surface area contributed by atoms with Crippen LogP contribution in [-0.2, 0) is 0 Å². The lowest BCUT2D eigenvalue weighted by atomic mass is 9.95. The first kappa shape index (κ1) is 11.1. The molecule has 1 amide bonds. The standard InChI is InChI=1S/C16H18N2O/c19-16(18-15-8-10-5-6-11(15)7-10)13-9-17-14-4-2-1-3-12(13)14/h1-4,9-11,15,17H,5-8H2,(H,18,19)/t10?,11?,15-/m0/s1. The van der Waals surface area contributed by atoms with E-state index in [1.165, 1.54) is 25.7 Å². The Labute approximate surface area is 112 Å². The molecule has 3 heteroatoms. The fourth-order valence-electron chi connectivity index (χ4n) is 3.93. The molecule has 2 N–H and O–H groups in total. The van der Waals surface area contributed by atoms with E-state index < -0.39 is 0 Å². The quantitative estimate of drug-likeness (QED) is 0.850. The van der Waals surface area contributed by atoms with Crippen molar-refractivity contribution in [3.63, 3.8) is 0 Å². The number of hydrogen-bond donors (Lipinski definition) is 2. The maximum Gasteiger partial charge on any atom is 0.253 e. The van der Waals surface area contributed by atoms with Gasteiger partial charge in [0.2, 0.25) is 0 Å². The number of para-hydroxylation sites is 1. The van der Waals surface area contributed by atoms with Crippen LogP contribution >= 0.6 is 0 Å². The van der Waals surface area contributed by atoms with Gasteiger partial charge in [-0.3, -0.25) is 4.79 Å². The van der Waals surface area contributed by atoms with Gasteiger partial charge in [0.25, 0.3) is 5.91 Å². The molecule has 2 aromatic rings. The summed E-state index contributed by atoms with van der Waals surface area (Å²) in [5.41, 5.74) is 1.80. The van der Waals surface area contributed by atoms with Crippen LogP contribution in [0.4, 0.5) is 0 Å². The van der Waals surface area contributed by atoms with E-state index >= 15 is 0 Å². The van der Waals surface area contributed by atoms with Gasteiger partial charge in [0, 0.05) is 23.1 Å². The molecule has 2 aliphatic carbocycles. The molecule has 0 saturated heterocycles. The predicted molar refractivity (Wildman–Crippen MR) is 75.0 cm³/mol. The van der Waals surface area contributed by atoms with E-state index in [1.807, 2.05) is 30.5 Å². The summed E-state index contributed by atoms with van der Waals surface area (Å²) in [5, 5.41) is 4.26. The first-order valence-corrected chi connectivity index (χ1v) is 7.18. The summed E-state index contributed by atoms with van der Waals surface area (Å²) in [7, 11) is 0. The van der Waals surface area contributed by atoms with Gasteiger partial charge in [-0.1, -0.05) is 24.6 Å². The second-order valence-electron chi connectivity index (χ2n) is 6.00. The predicted octanol–water partition coefficient (Wildman–Crippen LogP) is 3.09. The number of hydrogen-bond acceptors (Lipinski definition) is 1. The third-order valence-electron chi connectivity index (χ3n) is 4.89. The van der Waals surface area contributed by atoms with Crippen molar-refractivity contribution in [3.05, 3.63) is 36.0 Å². The van der Waals surface area contributed by atoms with Crippen molar-refractivity contribution in [2.24, 2.45) is 11.8 Å². The SMILES string of the molecule is O=C(N[C@H]1CC2CCC1C2)c1c[nH]c2ccccc12. The minimum absolute atomic E-state index is 0.0787. The molecule has 0 spiro atoms. The van der Waals surface area contributed by atoms with E-state index in [0.717, 1.165) is 28.3 Å². The molecule has 0 aliphatic heterocycles. The molecule has 2 unspecified atom stereocenters. The highest BCUT2D eigenvalue weighted by Gasteiger charge is 2.40. The average Bonchev–Trinajstić information content (AvgIpc) is 3.13. The number of amides is 1. The molecule has 1 heterocycles. The van der Waals surface area contributed by atoms with Gasteiger partial charge in [0.15, 0.2) is 0 Å². The molecule has 1 aromatic carbocycles. The Morgan fingerprint density at radius 2 is 2.11 bits per heavy atom. The van der Waals surface area contributed by atoms with Gasteiger partial charge in [0.05, 0.1) is 5.56 Å². The molecule has 0 radical (unpaired) electrons. The summed E-state index contributed by atoms with van der Waals surface area (Å²) < 4.78 is 0. The highest BCUT2D eigenvalue weighted by atomic mass is 16.1. The summed E-state index contributed by atoms with van der Waals surface area (Å²) in [6, 6.07) is 8.37. The van der Waals surface area contributed by atoms with Gasteiger partial charge in [-0.2, -0.15) is 0 Å². The number of carbonyl (C=O) groups excluding carboxylic acids is 1. The van der Waals surface area contributed by atoms with Crippen LogP contribution in [0.1, 0.15) is 36.0 Å². The number of aromatic amines is 1. The molecule has 2 aliphatic rings. The number of carbonyl (C=O) groups is 1. The van der Waals surface area contributed by atoms with Crippen LogP contribution in [0.25, 0.3) is 10.9 Å². The smallest absolute Gasteiger partial charge is 0.253 e. The Kier molecular flexibility index (Phi) is 2.40. The Hall–Kier alpha value is -1.77. The fourth-order valence-corrected chi connectivity index (χ4v) is 3.93. The number of H-pyrrole nitrogens is 1. The molecule has 1 aromatic heterocycles. The molecule has 98 valence electrons. The van der Waals surface area contributed by atoms with Crippen LogP contribution in [0.2, 0.25) is 0 Å². The van der Waals surface area contributed by atoms with E-state index in [9.17, 15) is 4.79 Å². The number of aromatic nitrogens is 1. The first-order chi connectivity index (χ1) is 9.31. The van der Waals surface area contributed by atoms with Crippen LogP contribution in [0.15, 0.2) is 30.5 Å². The highest BCUT2D eigenvalue weighted by Crippen LogP contribution is 2.44. The van der Waals surface area contributed by atoms with E-state index in [-0.39, 0.29) is 5.91 Å². The number of nitrogens with one attached hydrogen (secondary N) is 2. The lowest BCUT2D eigenvalue weighted by Crippen LogP contribution is -2.38. The van der Waals surface area contributed by atoms with Crippen molar-refractivity contribution in [3.8, 4) is 0 Å². The van der Waals surface area contributed by atoms with E-state index in [0.29, 0.717) is 6.04 Å². The van der Waals surface area contributed by atoms with Gasteiger partial charge in [-0.25, -0.2) is 0 Å². The van der Waals surface area contributed by atoms with E-state index in [4.69, 9.17) is 0 Å². The van der Waals surface area contributed by atoms with Gasteiger partial charge >= 0.3 is 0 Å². The maximum absolute atomic E-state index is 12.4. The van der Waals surface area contributed by atoms with Crippen molar-refractivity contribution >= 4 is 16.8 Å². The summed E-state index contributed by atoms with van der Waals surface area (Å²) in [6.45, 7) is 0. The maximum atomic E-state index is 12.4. The van der Waals surface area contributed by atoms with Crippen molar-refractivity contribution < 1.29 is 4.79 Å². The van der Waals surface area contributed by atoms with Gasteiger partial charge in [-0.15, -0.1) is 0 Å². The first-order valence-electron chi connectivity index (χ1n) is 7.18. The number of fused-ring (bicyclic) bond motifs is 3. The lowest BCUT2D eigenvalue weighted by Gasteiger charge is -2.22. The monoisotopic (exact) mass is 254 g/mol. The van der Waals surface area contributed by atoms with Gasteiger partial charge in [0.1, 0.15) is 0 Å². The zero-order valence-electron chi connectivity index (χ0n) is 10.9. The largest absolute Gasteiger partial charge is 0.360 e. The Morgan fingerprint density at radius 3 is 2.89 bits per heavy atom. The van der Waals surface area contributed by atoms with Crippen molar-refractivity contribution in [1.29, 1.82) is 0 Å². The van der Waals surface area contributed by atoms with Crippen LogP contribution in [0, 0.1) is 11.8 Å². The molecule has 3 nitrogen and oxygen atoms in total. The second kappa shape index (κ2) is 4.12. The molecule has 19 heavy (non-hydrogen) atoms. The third-order valence-corrected chi connectivity index (χ3v) is 4.89. The summed E-state index contributed by atoms with van der Waals surface area (Å²) in [6.07, 6.45) is 6.98.